The van der Waals surface area contributed by atoms with E-state index in [1.807, 2.05) is 0 Å². The van der Waals surface area contributed by atoms with E-state index >= 15 is 0 Å². The van der Waals surface area contributed by atoms with E-state index in [1.54, 1.807) is 31.4 Å². The highest BCUT2D eigenvalue weighted by Crippen LogP contribution is 2.17. The molecule has 4 nitrogen and oxygen atoms in total. The third-order valence-electron chi connectivity index (χ3n) is 1.69. The summed E-state index contributed by atoms with van der Waals surface area (Å²) in [5.74, 6) is 0.707. The molecule has 0 amide bonds. The summed E-state index contributed by atoms with van der Waals surface area (Å²) >= 11 is 0. The first-order chi connectivity index (χ1) is 6.15. The Morgan fingerprint density at radius 3 is 2.15 bits per heavy atom. The van der Waals surface area contributed by atoms with Crippen LogP contribution in [0.4, 0.5) is 5.69 Å². The van der Waals surface area contributed by atoms with E-state index in [0.717, 1.165) is 0 Å². The van der Waals surface area contributed by atoms with Crippen molar-refractivity contribution in [3.05, 3.63) is 24.3 Å². The van der Waals surface area contributed by atoms with E-state index in [-0.39, 0.29) is 0 Å². The van der Waals surface area contributed by atoms with E-state index in [9.17, 15) is 8.42 Å². The molecule has 0 aliphatic heterocycles. The van der Waals surface area contributed by atoms with Crippen LogP contribution in [-0.2, 0) is 10.9 Å². The minimum absolute atomic E-state index is 0.622. The molecule has 0 aliphatic carbocycles. The van der Waals surface area contributed by atoms with Gasteiger partial charge in [-0.05, 0) is 24.3 Å². The molecule has 0 bridgehead atoms. The van der Waals surface area contributed by atoms with Gasteiger partial charge in [-0.1, -0.05) is 0 Å². The van der Waals surface area contributed by atoms with Gasteiger partial charge < -0.3 is 4.74 Å². The van der Waals surface area contributed by atoms with E-state index < -0.39 is 10.9 Å². The Morgan fingerprint density at radius 2 is 1.77 bits per heavy atom. The molecular weight excluding hydrogens is 190 g/mol. The summed E-state index contributed by atoms with van der Waals surface area (Å²) in [7, 11) is 0.497. The first-order valence-electron chi connectivity index (χ1n) is 3.67. The van der Waals surface area contributed by atoms with Gasteiger partial charge in [0.15, 0.2) is 0 Å². The van der Waals surface area contributed by atoms with Crippen molar-refractivity contribution in [2.24, 2.45) is 0 Å². The Balaban J connectivity index is 2.92. The molecule has 0 saturated heterocycles. The van der Waals surface area contributed by atoms with Crippen molar-refractivity contribution in [1.29, 1.82) is 0 Å². The summed E-state index contributed by atoms with van der Waals surface area (Å²) in [6.07, 6.45) is 0. The molecule has 1 rings (SSSR count). The first kappa shape index (κ1) is 9.85. The average molecular weight is 201 g/mol. The van der Waals surface area contributed by atoms with Crippen molar-refractivity contribution in [2.45, 2.75) is 0 Å². The van der Waals surface area contributed by atoms with Crippen LogP contribution in [0.1, 0.15) is 0 Å². The lowest BCUT2D eigenvalue weighted by Crippen LogP contribution is -2.13. The summed E-state index contributed by atoms with van der Waals surface area (Å²) in [4.78, 5) is 0. The second kappa shape index (κ2) is 4.13. The Labute approximate surface area is 78.8 Å². The molecular formula is C8H11NO3S. The van der Waals surface area contributed by atoms with Crippen molar-refractivity contribution < 1.29 is 13.2 Å². The molecule has 1 aromatic carbocycles. The highest BCUT2D eigenvalue weighted by Gasteiger charge is 2.01. The van der Waals surface area contributed by atoms with Crippen LogP contribution in [0.15, 0.2) is 24.3 Å². The molecule has 0 N–H and O–H groups in total. The monoisotopic (exact) mass is 201 g/mol. The number of rotatable bonds is 3. The lowest BCUT2D eigenvalue weighted by atomic mass is 10.3. The van der Waals surface area contributed by atoms with Crippen molar-refractivity contribution >= 4 is 16.6 Å². The van der Waals surface area contributed by atoms with Crippen LogP contribution in [0.25, 0.3) is 0 Å². The minimum Gasteiger partial charge on any atom is -0.497 e. The topological polar surface area (TPSA) is 46.6 Å². The lowest BCUT2D eigenvalue weighted by Gasteiger charge is -2.10. The molecule has 0 heterocycles. The highest BCUT2D eigenvalue weighted by atomic mass is 32.2. The standard InChI is InChI=1S/C8H11NO3S/c1-9(13(10)11)7-3-5-8(12-2)6-4-7/h3-6,13H,1-2H3. The summed E-state index contributed by atoms with van der Waals surface area (Å²) in [5.41, 5.74) is 0.622. The van der Waals surface area contributed by atoms with Crippen molar-refractivity contribution in [3.8, 4) is 5.75 Å². The van der Waals surface area contributed by atoms with Gasteiger partial charge in [0.2, 0.25) is 10.9 Å². The number of benzene rings is 1. The van der Waals surface area contributed by atoms with Crippen LogP contribution in [-0.4, -0.2) is 22.6 Å². The van der Waals surface area contributed by atoms with Gasteiger partial charge in [-0.15, -0.1) is 0 Å². The summed E-state index contributed by atoms with van der Waals surface area (Å²) < 4.78 is 27.3. The Hall–Kier alpha value is -1.23. The van der Waals surface area contributed by atoms with E-state index in [0.29, 0.717) is 11.4 Å². The molecule has 0 radical (unpaired) electrons. The number of methoxy groups -OCH3 is 1. The van der Waals surface area contributed by atoms with Gasteiger partial charge in [-0.25, -0.2) is 8.42 Å². The zero-order valence-corrected chi connectivity index (χ0v) is 8.32. The number of hydrogen-bond acceptors (Lipinski definition) is 3. The summed E-state index contributed by atoms with van der Waals surface area (Å²) in [6.45, 7) is 0. The smallest absolute Gasteiger partial charge is 0.224 e. The maximum absolute atomic E-state index is 10.6. The average Bonchev–Trinajstić information content (AvgIpc) is 2.17. The van der Waals surface area contributed by atoms with Crippen molar-refractivity contribution in [2.75, 3.05) is 18.5 Å². The lowest BCUT2D eigenvalue weighted by molar-refractivity contribution is 0.415. The summed E-state index contributed by atoms with van der Waals surface area (Å²) in [5, 5.41) is 0. The van der Waals surface area contributed by atoms with Gasteiger partial charge in [-0.3, -0.25) is 4.31 Å². The van der Waals surface area contributed by atoms with Crippen LogP contribution in [0.2, 0.25) is 0 Å². The molecule has 0 fully saturated rings. The molecule has 0 aromatic heterocycles. The molecule has 13 heavy (non-hydrogen) atoms. The van der Waals surface area contributed by atoms with Gasteiger partial charge in [0, 0.05) is 7.05 Å². The fourth-order valence-corrected chi connectivity index (χ4v) is 1.21. The van der Waals surface area contributed by atoms with Crippen LogP contribution in [0.5, 0.6) is 5.75 Å². The summed E-state index contributed by atoms with van der Waals surface area (Å²) in [6, 6.07) is 6.79. The van der Waals surface area contributed by atoms with Gasteiger partial charge in [0.05, 0.1) is 12.8 Å². The fourth-order valence-electron chi connectivity index (χ4n) is 0.892. The number of nitrogens with zero attached hydrogens (tertiary/aromatic N) is 1. The Bertz CT molecular complexity index is 337. The SMILES string of the molecule is COc1ccc(N(C)[SH](=O)=O)cc1. The molecule has 1 aromatic rings. The third-order valence-corrected chi connectivity index (χ3v) is 2.41. The number of anilines is 1. The van der Waals surface area contributed by atoms with Crippen LogP contribution in [0.3, 0.4) is 0 Å². The second-order valence-electron chi connectivity index (χ2n) is 2.46. The quantitative estimate of drug-likeness (QED) is 0.731. The maximum atomic E-state index is 10.6. The second-order valence-corrected chi connectivity index (χ2v) is 3.54. The third kappa shape index (κ3) is 2.35. The molecule has 0 unspecified atom stereocenters. The molecule has 5 heteroatoms. The van der Waals surface area contributed by atoms with E-state index in [2.05, 4.69) is 0 Å². The predicted molar refractivity (Wildman–Crippen MR) is 51.7 cm³/mol. The van der Waals surface area contributed by atoms with Gasteiger partial charge in [0.1, 0.15) is 5.75 Å². The van der Waals surface area contributed by atoms with Gasteiger partial charge >= 0.3 is 0 Å². The van der Waals surface area contributed by atoms with Crippen LogP contribution in [0, 0.1) is 0 Å². The van der Waals surface area contributed by atoms with Gasteiger partial charge in [-0.2, -0.15) is 0 Å². The van der Waals surface area contributed by atoms with Gasteiger partial charge in [0.25, 0.3) is 0 Å². The minimum atomic E-state index is -2.56. The largest absolute Gasteiger partial charge is 0.497 e. The number of thiol groups is 1. The van der Waals surface area contributed by atoms with E-state index in [4.69, 9.17) is 4.74 Å². The molecule has 0 saturated carbocycles. The Morgan fingerprint density at radius 1 is 1.23 bits per heavy atom. The molecule has 72 valence electrons. The zero-order chi connectivity index (χ0) is 9.84. The Kier molecular flexibility index (Phi) is 3.13. The van der Waals surface area contributed by atoms with Crippen molar-refractivity contribution in [3.63, 3.8) is 0 Å². The van der Waals surface area contributed by atoms with E-state index in [1.165, 1.54) is 11.4 Å². The first-order valence-corrected chi connectivity index (χ1v) is 4.80. The molecule has 0 aliphatic rings. The molecule has 0 spiro atoms. The van der Waals surface area contributed by atoms with Crippen LogP contribution >= 0.6 is 0 Å². The number of hydrogen-bond donors (Lipinski definition) is 1. The normalized spacial score (nSPS) is 10.1. The predicted octanol–water partition coefficient (Wildman–Crippen LogP) is 0.658. The highest BCUT2D eigenvalue weighted by molar-refractivity contribution is 7.74. The van der Waals surface area contributed by atoms with Crippen molar-refractivity contribution in [1.82, 2.24) is 0 Å². The molecule has 0 atom stereocenters. The fraction of sp³-hybridized carbons (Fsp3) is 0.250. The zero-order valence-electron chi connectivity index (χ0n) is 7.43. The maximum Gasteiger partial charge on any atom is 0.224 e. The van der Waals surface area contributed by atoms with Crippen LogP contribution < -0.4 is 9.04 Å². The number of ether oxygens (including phenoxy) is 1.